The largest absolute Gasteiger partial charge is 0.462 e. The van der Waals surface area contributed by atoms with Gasteiger partial charge in [0.1, 0.15) is 9.88 Å². The van der Waals surface area contributed by atoms with E-state index in [4.69, 9.17) is 4.74 Å². The van der Waals surface area contributed by atoms with Crippen LogP contribution < -0.4 is 10.6 Å². The molecule has 0 aliphatic heterocycles. The number of esters is 1. The Morgan fingerprint density at radius 1 is 1.29 bits per heavy atom. The van der Waals surface area contributed by atoms with Crippen molar-refractivity contribution in [2.45, 2.75) is 27.7 Å². The van der Waals surface area contributed by atoms with Crippen LogP contribution >= 0.6 is 11.3 Å². The Hall–Kier alpha value is -1.89. The summed E-state index contributed by atoms with van der Waals surface area (Å²) in [6.45, 7) is 7.13. The molecule has 0 bridgehead atoms. The minimum absolute atomic E-state index is 0.211. The van der Waals surface area contributed by atoms with E-state index in [1.807, 2.05) is 0 Å². The highest BCUT2D eigenvalue weighted by atomic mass is 32.1. The van der Waals surface area contributed by atoms with Crippen molar-refractivity contribution in [3.63, 3.8) is 0 Å². The summed E-state index contributed by atoms with van der Waals surface area (Å²) in [7, 11) is 1.50. The van der Waals surface area contributed by atoms with Crippen LogP contribution in [0.5, 0.6) is 0 Å². The Bertz CT molecular complexity index is 564. The third-order valence-electron chi connectivity index (χ3n) is 2.82. The zero-order chi connectivity index (χ0) is 16.2. The van der Waals surface area contributed by atoms with E-state index >= 15 is 0 Å². The number of carbonyl (C=O) groups is 3. The average Bonchev–Trinajstić information content (AvgIpc) is 2.75. The van der Waals surface area contributed by atoms with Gasteiger partial charge in [-0.05, 0) is 19.4 Å². The molecule has 6 nitrogen and oxygen atoms in total. The second-order valence-electron chi connectivity index (χ2n) is 4.70. The molecule has 1 aromatic heterocycles. The lowest BCUT2D eigenvalue weighted by Crippen LogP contribution is -2.22. The van der Waals surface area contributed by atoms with Crippen molar-refractivity contribution in [2.24, 2.45) is 5.92 Å². The van der Waals surface area contributed by atoms with Crippen LogP contribution in [0, 0.1) is 12.8 Å². The van der Waals surface area contributed by atoms with Crippen LogP contribution in [-0.4, -0.2) is 31.4 Å². The molecule has 0 aliphatic carbocycles. The van der Waals surface area contributed by atoms with Gasteiger partial charge in [0.25, 0.3) is 5.91 Å². The molecule has 2 amide bonds. The van der Waals surface area contributed by atoms with Gasteiger partial charge in [-0.2, -0.15) is 0 Å². The average molecular weight is 312 g/mol. The normalized spacial score (nSPS) is 10.4. The molecule has 21 heavy (non-hydrogen) atoms. The molecular formula is C14H20N2O4S. The molecule has 1 rings (SSSR count). The number of amides is 2. The van der Waals surface area contributed by atoms with Crippen molar-refractivity contribution in [1.29, 1.82) is 0 Å². The first kappa shape index (κ1) is 17.2. The SMILES string of the molecule is CCOC(=O)c1sc(NC(=O)C(C)C)c(C(=O)NC)c1C. The van der Waals surface area contributed by atoms with Gasteiger partial charge in [-0.25, -0.2) is 4.79 Å². The molecule has 0 aromatic carbocycles. The van der Waals surface area contributed by atoms with Crippen molar-refractivity contribution in [2.75, 3.05) is 19.0 Å². The quantitative estimate of drug-likeness (QED) is 0.816. The standard InChI is InChI=1S/C14H20N2O4S/c1-6-20-14(19)10-8(4)9(12(18)15-5)13(21-10)16-11(17)7(2)3/h7H,6H2,1-5H3,(H,15,18)(H,16,17). The monoisotopic (exact) mass is 312 g/mol. The first-order valence-electron chi connectivity index (χ1n) is 6.66. The molecular weight excluding hydrogens is 292 g/mol. The fourth-order valence-corrected chi connectivity index (χ4v) is 2.75. The fraction of sp³-hybridized carbons (Fsp3) is 0.500. The Morgan fingerprint density at radius 2 is 1.90 bits per heavy atom. The highest BCUT2D eigenvalue weighted by Gasteiger charge is 2.26. The molecule has 0 fully saturated rings. The van der Waals surface area contributed by atoms with E-state index in [0.29, 0.717) is 21.0 Å². The van der Waals surface area contributed by atoms with E-state index in [1.54, 1.807) is 27.7 Å². The summed E-state index contributed by atoms with van der Waals surface area (Å²) in [6.07, 6.45) is 0. The number of nitrogens with one attached hydrogen (secondary N) is 2. The highest BCUT2D eigenvalue weighted by molar-refractivity contribution is 7.18. The molecule has 0 unspecified atom stereocenters. The van der Waals surface area contributed by atoms with Crippen LogP contribution in [0.15, 0.2) is 0 Å². The zero-order valence-corrected chi connectivity index (χ0v) is 13.6. The van der Waals surface area contributed by atoms with Crippen LogP contribution in [-0.2, 0) is 9.53 Å². The maximum atomic E-state index is 12.0. The van der Waals surface area contributed by atoms with Crippen LogP contribution in [0.2, 0.25) is 0 Å². The molecule has 0 atom stereocenters. The van der Waals surface area contributed by atoms with Crippen molar-refractivity contribution >= 4 is 34.1 Å². The number of carbonyl (C=O) groups excluding carboxylic acids is 3. The number of hydrogen-bond acceptors (Lipinski definition) is 5. The van der Waals surface area contributed by atoms with E-state index in [-0.39, 0.29) is 24.3 Å². The number of anilines is 1. The van der Waals surface area contributed by atoms with Crippen LogP contribution in [0.4, 0.5) is 5.00 Å². The van der Waals surface area contributed by atoms with E-state index in [9.17, 15) is 14.4 Å². The van der Waals surface area contributed by atoms with E-state index < -0.39 is 5.97 Å². The Kier molecular flexibility index (Phi) is 5.90. The lowest BCUT2D eigenvalue weighted by Gasteiger charge is -2.08. The molecule has 0 spiro atoms. The molecule has 0 saturated heterocycles. The second-order valence-corrected chi connectivity index (χ2v) is 5.72. The Labute approximate surface area is 127 Å². The number of rotatable bonds is 5. The van der Waals surface area contributed by atoms with Gasteiger partial charge in [-0.15, -0.1) is 11.3 Å². The van der Waals surface area contributed by atoms with E-state index in [1.165, 1.54) is 7.05 Å². The minimum Gasteiger partial charge on any atom is -0.462 e. The molecule has 2 N–H and O–H groups in total. The van der Waals surface area contributed by atoms with Crippen molar-refractivity contribution in [3.8, 4) is 0 Å². The molecule has 0 saturated carbocycles. The summed E-state index contributed by atoms with van der Waals surface area (Å²) < 4.78 is 4.97. The maximum Gasteiger partial charge on any atom is 0.348 e. The number of ether oxygens (including phenoxy) is 1. The van der Waals surface area contributed by atoms with Crippen LogP contribution in [0.3, 0.4) is 0 Å². The minimum atomic E-state index is -0.491. The van der Waals surface area contributed by atoms with Gasteiger partial charge in [0, 0.05) is 13.0 Å². The van der Waals surface area contributed by atoms with Crippen molar-refractivity contribution in [1.82, 2.24) is 5.32 Å². The smallest absolute Gasteiger partial charge is 0.348 e. The van der Waals surface area contributed by atoms with Gasteiger partial charge >= 0.3 is 5.97 Å². The highest BCUT2D eigenvalue weighted by Crippen LogP contribution is 2.33. The number of thiophene rings is 1. The first-order chi connectivity index (χ1) is 9.83. The van der Waals surface area contributed by atoms with Gasteiger partial charge in [-0.1, -0.05) is 13.8 Å². The van der Waals surface area contributed by atoms with Crippen LogP contribution in [0.25, 0.3) is 0 Å². The topological polar surface area (TPSA) is 84.5 Å². The van der Waals surface area contributed by atoms with Gasteiger partial charge in [0.15, 0.2) is 0 Å². The van der Waals surface area contributed by atoms with Crippen LogP contribution in [0.1, 0.15) is 46.4 Å². The molecule has 0 radical (unpaired) electrons. The summed E-state index contributed by atoms with van der Waals surface area (Å²) in [4.78, 5) is 36.1. The first-order valence-corrected chi connectivity index (χ1v) is 7.48. The van der Waals surface area contributed by atoms with Gasteiger partial charge < -0.3 is 15.4 Å². The lowest BCUT2D eigenvalue weighted by atomic mass is 10.1. The third-order valence-corrected chi connectivity index (χ3v) is 4.01. The summed E-state index contributed by atoms with van der Waals surface area (Å²) in [5.41, 5.74) is 0.816. The zero-order valence-electron chi connectivity index (χ0n) is 12.8. The maximum absolute atomic E-state index is 12.0. The second kappa shape index (κ2) is 7.21. The van der Waals surface area contributed by atoms with Gasteiger partial charge in [0.05, 0.1) is 12.2 Å². The van der Waals surface area contributed by atoms with Gasteiger partial charge in [-0.3, -0.25) is 9.59 Å². The summed E-state index contributed by atoms with van der Waals surface area (Å²) in [5.74, 6) is -1.28. The lowest BCUT2D eigenvalue weighted by molar-refractivity contribution is -0.118. The molecule has 7 heteroatoms. The molecule has 116 valence electrons. The van der Waals surface area contributed by atoms with Crippen molar-refractivity contribution in [3.05, 3.63) is 16.0 Å². The summed E-state index contributed by atoms with van der Waals surface area (Å²) >= 11 is 1.06. The predicted octanol–water partition coefficient (Wildman–Crippen LogP) is 2.19. The van der Waals surface area contributed by atoms with E-state index in [2.05, 4.69) is 10.6 Å². The van der Waals surface area contributed by atoms with Crippen molar-refractivity contribution < 1.29 is 19.1 Å². The molecule has 1 heterocycles. The Balaban J connectivity index is 3.27. The summed E-state index contributed by atoms with van der Waals surface area (Å²) in [5, 5.41) is 5.58. The predicted molar refractivity (Wildman–Crippen MR) is 81.9 cm³/mol. The Morgan fingerprint density at radius 3 is 2.38 bits per heavy atom. The fourth-order valence-electron chi connectivity index (χ4n) is 1.65. The molecule has 1 aromatic rings. The van der Waals surface area contributed by atoms with E-state index in [0.717, 1.165) is 11.3 Å². The molecule has 0 aliphatic rings. The summed E-state index contributed by atoms with van der Waals surface area (Å²) in [6, 6.07) is 0. The third kappa shape index (κ3) is 3.81. The number of hydrogen-bond donors (Lipinski definition) is 2. The van der Waals surface area contributed by atoms with Gasteiger partial charge in [0.2, 0.25) is 5.91 Å².